The van der Waals surface area contributed by atoms with Crippen LogP contribution >= 0.6 is 0 Å². The molecule has 1 spiro atoms. The van der Waals surface area contributed by atoms with Crippen LogP contribution in [0.1, 0.15) is 55.0 Å². The fourth-order valence-electron chi connectivity index (χ4n) is 4.58. The van der Waals surface area contributed by atoms with E-state index >= 15 is 0 Å². The number of urea groups is 1. The van der Waals surface area contributed by atoms with Crippen molar-refractivity contribution in [2.45, 2.75) is 56.5 Å². The second-order valence-electron chi connectivity index (χ2n) is 8.41. The van der Waals surface area contributed by atoms with Gasteiger partial charge >= 0.3 is 6.03 Å². The van der Waals surface area contributed by atoms with Crippen LogP contribution in [-0.2, 0) is 12.0 Å². The van der Waals surface area contributed by atoms with Crippen molar-refractivity contribution < 1.29 is 9.59 Å². The SMILES string of the molecule is O=C(Nc1ccccc1)c1nnc2n1CCCC21CCN(C(=O)NC2CC2)CC1. The number of nitrogens with one attached hydrogen (secondary N) is 2. The molecule has 8 nitrogen and oxygen atoms in total. The van der Waals surface area contributed by atoms with Gasteiger partial charge in [0.25, 0.3) is 5.91 Å². The molecule has 0 bridgehead atoms. The summed E-state index contributed by atoms with van der Waals surface area (Å²) in [6, 6.07) is 9.83. The van der Waals surface area contributed by atoms with Crippen LogP contribution in [-0.4, -0.2) is 50.7 Å². The van der Waals surface area contributed by atoms with Gasteiger partial charge in [-0.15, -0.1) is 10.2 Å². The molecule has 0 unspecified atom stereocenters. The average Bonchev–Trinajstić information content (AvgIpc) is 3.44. The Morgan fingerprint density at radius 2 is 1.76 bits per heavy atom. The number of amides is 3. The molecule has 8 heteroatoms. The molecule has 1 saturated carbocycles. The molecule has 3 aliphatic rings. The van der Waals surface area contributed by atoms with E-state index < -0.39 is 0 Å². The predicted molar refractivity (Wildman–Crippen MR) is 108 cm³/mol. The van der Waals surface area contributed by atoms with Crippen LogP contribution in [0.3, 0.4) is 0 Å². The van der Waals surface area contributed by atoms with Crippen LogP contribution in [0.25, 0.3) is 0 Å². The van der Waals surface area contributed by atoms with E-state index in [0.29, 0.717) is 11.9 Å². The summed E-state index contributed by atoms with van der Waals surface area (Å²) >= 11 is 0. The summed E-state index contributed by atoms with van der Waals surface area (Å²) in [5, 5.41) is 14.7. The lowest BCUT2D eigenvalue weighted by Crippen LogP contribution is -2.50. The molecular formula is C21H26N6O2. The van der Waals surface area contributed by atoms with Gasteiger partial charge in [0.1, 0.15) is 5.82 Å². The van der Waals surface area contributed by atoms with E-state index in [1.165, 1.54) is 0 Å². The van der Waals surface area contributed by atoms with Gasteiger partial charge in [0, 0.05) is 36.8 Å². The summed E-state index contributed by atoms with van der Waals surface area (Å²) in [4.78, 5) is 27.1. The van der Waals surface area contributed by atoms with Gasteiger partial charge in [0.2, 0.25) is 5.82 Å². The molecule has 1 aromatic carbocycles. The summed E-state index contributed by atoms with van der Waals surface area (Å²) in [5.74, 6) is 1.05. The van der Waals surface area contributed by atoms with E-state index in [-0.39, 0.29) is 17.4 Å². The topological polar surface area (TPSA) is 92.2 Å². The van der Waals surface area contributed by atoms with Gasteiger partial charge in [0.15, 0.2) is 0 Å². The zero-order chi connectivity index (χ0) is 19.8. The summed E-state index contributed by atoms with van der Waals surface area (Å²) in [6.45, 7) is 2.20. The molecule has 29 heavy (non-hydrogen) atoms. The molecule has 3 heterocycles. The number of carbonyl (C=O) groups excluding carboxylic acids is 2. The molecule has 0 radical (unpaired) electrons. The summed E-state index contributed by atoms with van der Waals surface area (Å²) in [5.41, 5.74) is 0.655. The maximum atomic E-state index is 12.8. The second-order valence-corrected chi connectivity index (χ2v) is 8.41. The highest BCUT2D eigenvalue weighted by Gasteiger charge is 2.44. The smallest absolute Gasteiger partial charge is 0.317 e. The first-order valence-corrected chi connectivity index (χ1v) is 10.5. The van der Waals surface area contributed by atoms with Crippen molar-refractivity contribution in [2.75, 3.05) is 18.4 Å². The fraction of sp³-hybridized carbons (Fsp3) is 0.524. The number of piperidine rings is 1. The van der Waals surface area contributed by atoms with Crippen molar-refractivity contribution in [1.29, 1.82) is 0 Å². The van der Waals surface area contributed by atoms with Gasteiger partial charge < -0.3 is 20.1 Å². The monoisotopic (exact) mass is 394 g/mol. The molecule has 3 amide bonds. The first kappa shape index (κ1) is 18.1. The number of hydrogen-bond donors (Lipinski definition) is 2. The minimum atomic E-state index is -0.228. The number of aromatic nitrogens is 3. The van der Waals surface area contributed by atoms with Gasteiger partial charge in [0.05, 0.1) is 0 Å². The zero-order valence-corrected chi connectivity index (χ0v) is 16.4. The quantitative estimate of drug-likeness (QED) is 0.837. The van der Waals surface area contributed by atoms with Crippen LogP contribution in [0.4, 0.5) is 10.5 Å². The minimum absolute atomic E-state index is 0.0579. The molecule has 2 aromatic rings. The Morgan fingerprint density at radius 3 is 2.48 bits per heavy atom. The van der Waals surface area contributed by atoms with Crippen LogP contribution < -0.4 is 10.6 Å². The van der Waals surface area contributed by atoms with Crippen molar-refractivity contribution in [1.82, 2.24) is 25.0 Å². The van der Waals surface area contributed by atoms with Gasteiger partial charge in [-0.3, -0.25) is 4.79 Å². The minimum Gasteiger partial charge on any atom is -0.335 e. The number of nitrogens with zero attached hydrogens (tertiary/aromatic N) is 4. The van der Waals surface area contributed by atoms with Crippen molar-refractivity contribution in [3.8, 4) is 0 Å². The van der Waals surface area contributed by atoms with E-state index in [2.05, 4.69) is 20.8 Å². The standard InChI is InChI=1S/C21H26N6O2/c28-18(22-15-5-2-1-3-6-15)17-24-25-19-21(9-4-12-27(17)19)10-13-26(14-11-21)20(29)23-16-7-8-16/h1-3,5-6,16H,4,7-14H2,(H,22,28)(H,23,29). The zero-order valence-electron chi connectivity index (χ0n) is 16.4. The molecule has 2 N–H and O–H groups in total. The van der Waals surface area contributed by atoms with Gasteiger partial charge in [-0.2, -0.15) is 0 Å². The van der Waals surface area contributed by atoms with E-state index in [9.17, 15) is 9.59 Å². The third-order valence-corrected chi connectivity index (χ3v) is 6.41. The molecule has 152 valence electrons. The number of hydrogen-bond acceptors (Lipinski definition) is 4. The maximum absolute atomic E-state index is 12.8. The molecule has 2 fully saturated rings. The highest BCUT2D eigenvalue weighted by atomic mass is 16.2. The number of para-hydroxylation sites is 1. The van der Waals surface area contributed by atoms with Gasteiger partial charge in [-0.25, -0.2) is 4.79 Å². The molecule has 0 atom stereocenters. The van der Waals surface area contributed by atoms with Gasteiger partial charge in [-0.05, 0) is 50.7 Å². The number of fused-ring (bicyclic) bond motifs is 2. The first-order valence-electron chi connectivity index (χ1n) is 10.5. The Morgan fingerprint density at radius 1 is 1.00 bits per heavy atom. The molecule has 1 aliphatic carbocycles. The van der Waals surface area contributed by atoms with Crippen LogP contribution in [0.15, 0.2) is 30.3 Å². The van der Waals surface area contributed by atoms with Crippen LogP contribution in [0, 0.1) is 0 Å². The lowest BCUT2D eigenvalue weighted by Gasteiger charge is -2.43. The number of carbonyl (C=O) groups is 2. The highest BCUT2D eigenvalue weighted by molar-refractivity contribution is 6.01. The van der Waals surface area contributed by atoms with Crippen LogP contribution in [0.5, 0.6) is 0 Å². The highest BCUT2D eigenvalue weighted by Crippen LogP contribution is 2.42. The van der Waals surface area contributed by atoms with Crippen molar-refractivity contribution >= 4 is 17.6 Å². The summed E-state index contributed by atoms with van der Waals surface area (Å²) in [7, 11) is 0. The third-order valence-electron chi connectivity index (χ3n) is 6.41. The normalized spacial score (nSPS) is 20.2. The number of rotatable bonds is 3. The summed E-state index contributed by atoms with van der Waals surface area (Å²) in [6.07, 6.45) is 5.95. The Bertz CT molecular complexity index is 913. The van der Waals surface area contributed by atoms with Crippen molar-refractivity contribution in [2.24, 2.45) is 0 Å². The number of likely N-dealkylation sites (tertiary alicyclic amines) is 1. The van der Waals surface area contributed by atoms with E-state index in [0.717, 1.165) is 69.7 Å². The Kier molecular flexibility index (Phi) is 4.49. The predicted octanol–water partition coefficient (Wildman–Crippen LogP) is 2.53. The molecule has 1 aromatic heterocycles. The van der Waals surface area contributed by atoms with E-state index in [4.69, 9.17) is 0 Å². The lowest BCUT2D eigenvalue weighted by atomic mass is 9.72. The second kappa shape index (κ2) is 7.17. The maximum Gasteiger partial charge on any atom is 0.317 e. The van der Waals surface area contributed by atoms with Crippen molar-refractivity contribution in [3.63, 3.8) is 0 Å². The molecule has 2 aliphatic heterocycles. The average molecular weight is 394 g/mol. The molecular weight excluding hydrogens is 368 g/mol. The van der Waals surface area contributed by atoms with E-state index in [1.807, 2.05) is 39.8 Å². The molecule has 5 rings (SSSR count). The summed E-state index contributed by atoms with van der Waals surface area (Å²) < 4.78 is 1.99. The largest absolute Gasteiger partial charge is 0.335 e. The lowest BCUT2D eigenvalue weighted by molar-refractivity contribution is 0.100. The fourth-order valence-corrected chi connectivity index (χ4v) is 4.58. The van der Waals surface area contributed by atoms with Crippen LogP contribution in [0.2, 0.25) is 0 Å². The number of anilines is 1. The Hall–Kier alpha value is -2.90. The Labute approximate surface area is 169 Å². The first-order chi connectivity index (χ1) is 14.1. The van der Waals surface area contributed by atoms with Gasteiger partial charge in [-0.1, -0.05) is 18.2 Å². The Balaban J connectivity index is 1.31. The van der Waals surface area contributed by atoms with E-state index in [1.54, 1.807) is 0 Å². The third kappa shape index (κ3) is 3.47. The van der Waals surface area contributed by atoms with Crippen molar-refractivity contribution in [3.05, 3.63) is 42.0 Å². The number of benzene rings is 1. The molecule has 1 saturated heterocycles.